The summed E-state index contributed by atoms with van der Waals surface area (Å²) in [7, 11) is 0. The molecule has 0 aliphatic carbocycles. The molecule has 0 bridgehead atoms. The predicted molar refractivity (Wildman–Crippen MR) is 198 cm³/mol. The fourth-order valence-corrected chi connectivity index (χ4v) is 7.53. The fourth-order valence-electron chi connectivity index (χ4n) is 7.53. The van der Waals surface area contributed by atoms with Gasteiger partial charge in [-0.15, -0.1) is 0 Å². The Balaban J connectivity index is 1.29. The number of benzene rings is 6. The van der Waals surface area contributed by atoms with E-state index in [4.69, 9.17) is 9.97 Å². The van der Waals surface area contributed by atoms with Gasteiger partial charge in [-0.25, -0.2) is 4.98 Å². The lowest BCUT2D eigenvalue weighted by molar-refractivity contribution is 1.08. The molecule has 6 aromatic carbocycles. The van der Waals surface area contributed by atoms with Gasteiger partial charge in [0.15, 0.2) is 0 Å². The van der Waals surface area contributed by atoms with Gasteiger partial charge in [0, 0.05) is 50.9 Å². The van der Waals surface area contributed by atoms with Crippen molar-refractivity contribution in [2.45, 2.75) is 0 Å². The van der Waals surface area contributed by atoms with E-state index in [1.54, 1.807) is 0 Å². The van der Waals surface area contributed by atoms with Crippen LogP contribution in [-0.2, 0) is 0 Å². The van der Waals surface area contributed by atoms with Crippen molar-refractivity contribution in [3.63, 3.8) is 0 Å². The van der Waals surface area contributed by atoms with Crippen LogP contribution in [0.25, 0.3) is 71.9 Å². The summed E-state index contributed by atoms with van der Waals surface area (Å²) >= 11 is 0. The summed E-state index contributed by atoms with van der Waals surface area (Å²) in [6, 6.07) is 56.4. The second-order valence-electron chi connectivity index (χ2n) is 12.3. The molecule has 0 saturated heterocycles. The smallest absolute Gasteiger partial charge is 0.137 e. The van der Waals surface area contributed by atoms with Crippen LogP contribution in [0, 0.1) is 0 Å². The van der Waals surface area contributed by atoms with Gasteiger partial charge in [-0.1, -0.05) is 109 Å². The largest absolute Gasteiger partial charge is 0.309 e. The number of nitrogens with zero attached hydrogens (tertiary/aromatic N) is 4. The summed E-state index contributed by atoms with van der Waals surface area (Å²) in [6.07, 6.45) is 3.78. The first-order chi connectivity index (χ1) is 23.8. The van der Waals surface area contributed by atoms with E-state index in [2.05, 4.69) is 155 Å². The molecule has 9 aromatic rings. The molecule has 10 rings (SSSR count). The minimum absolute atomic E-state index is 0.897. The van der Waals surface area contributed by atoms with E-state index in [-0.39, 0.29) is 0 Å². The first kappa shape index (κ1) is 26.7. The van der Waals surface area contributed by atoms with Gasteiger partial charge < -0.3 is 4.90 Å². The van der Waals surface area contributed by atoms with Crippen LogP contribution in [0.4, 0.5) is 17.1 Å². The molecule has 224 valence electrons. The maximum Gasteiger partial charge on any atom is 0.137 e. The molecule has 1 aliphatic rings. The monoisotopic (exact) mass is 612 g/mol. The van der Waals surface area contributed by atoms with Crippen LogP contribution in [0.15, 0.2) is 170 Å². The van der Waals surface area contributed by atoms with Crippen LogP contribution in [0.5, 0.6) is 0 Å². The van der Waals surface area contributed by atoms with Crippen molar-refractivity contribution < 1.29 is 0 Å². The van der Waals surface area contributed by atoms with E-state index in [9.17, 15) is 0 Å². The Labute approximate surface area is 277 Å². The van der Waals surface area contributed by atoms with Crippen LogP contribution in [-0.4, -0.2) is 14.5 Å². The van der Waals surface area contributed by atoms with Crippen molar-refractivity contribution in [3.05, 3.63) is 170 Å². The zero-order valence-electron chi connectivity index (χ0n) is 26.0. The van der Waals surface area contributed by atoms with Crippen LogP contribution in [0.2, 0.25) is 0 Å². The van der Waals surface area contributed by atoms with E-state index < -0.39 is 0 Å². The van der Waals surface area contributed by atoms with Gasteiger partial charge in [-0.05, 0) is 65.0 Å². The molecule has 3 aromatic heterocycles. The molecule has 0 fully saturated rings. The number of fused-ring (bicyclic) bond motifs is 9. The van der Waals surface area contributed by atoms with Crippen molar-refractivity contribution in [2.75, 3.05) is 4.90 Å². The number of hydrogen-bond acceptors (Lipinski definition) is 3. The topological polar surface area (TPSA) is 34.0 Å². The van der Waals surface area contributed by atoms with Gasteiger partial charge in [0.2, 0.25) is 0 Å². The van der Waals surface area contributed by atoms with Crippen LogP contribution >= 0.6 is 0 Å². The van der Waals surface area contributed by atoms with Crippen molar-refractivity contribution >= 4 is 49.6 Å². The third-order valence-corrected chi connectivity index (χ3v) is 9.63. The van der Waals surface area contributed by atoms with Crippen LogP contribution in [0.1, 0.15) is 0 Å². The van der Waals surface area contributed by atoms with Gasteiger partial charge in [0.25, 0.3) is 0 Å². The number of hydrogen-bond donors (Lipinski definition) is 0. The molecule has 1 aliphatic heterocycles. The highest BCUT2D eigenvalue weighted by molar-refractivity contribution is 6.11. The number of pyridine rings is 2. The Morgan fingerprint density at radius 2 is 1.12 bits per heavy atom. The Kier molecular flexibility index (Phi) is 5.84. The average molecular weight is 613 g/mol. The average Bonchev–Trinajstić information content (AvgIpc) is 3.42. The maximum atomic E-state index is 4.92. The standard InChI is InChI=1S/C44H28N4/c1-2-12-32-29(11-1)24-26-46-44(32)30-20-22-37-34-14-4-3-13-33(34)35-15-5-7-17-39(35)47(41(37)27-30)31-21-23-38-36-16-6-8-18-40(36)48(42(38)28-31)43-19-9-10-25-45-43/h1-28H. The quantitative estimate of drug-likeness (QED) is 0.199. The van der Waals surface area contributed by atoms with Gasteiger partial charge >= 0.3 is 0 Å². The number of aromatic nitrogens is 3. The lowest BCUT2D eigenvalue weighted by atomic mass is 9.93. The summed E-state index contributed by atoms with van der Waals surface area (Å²) in [5, 5.41) is 4.72. The molecular weight excluding hydrogens is 585 g/mol. The molecule has 4 nitrogen and oxygen atoms in total. The van der Waals surface area contributed by atoms with E-state index in [0.29, 0.717) is 0 Å². The van der Waals surface area contributed by atoms with Crippen LogP contribution in [0.3, 0.4) is 0 Å². The number of rotatable bonds is 3. The highest BCUT2D eigenvalue weighted by Crippen LogP contribution is 2.52. The third-order valence-electron chi connectivity index (χ3n) is 9.63. The van der Waals surface area contributed by atoms with Gasteiger partial charge in [-0.3, -0.25) is 9.55 Å². The molecule has 0 unspecified atom stereocenters. The molecular formula is C44H28N4. The SMILES string of the molecule is c1ccc(-n2c3ccccc3c3ccc(N4c5ccccc5-c5ccccc5-c5ccc(-c6nccc7ccccc67)cc54)cc32)nc1. The Bertz CT molecular complexity index is 2680. The lowest BCUT2D eigenvalue weighted by Gasteiger charge is -2.28. The van der Waals surface area contributed by atoms with E-state index in [1.165, 1.54) is 38.4 Å². The first-order valence-electron chi connectivity index (χ1n) is 16.3. The Morgan fingerprint density at radius 3 is 1.98 bits per heavy atom. The summed E-state index contributed by atoms with van der Waals surface area (Å²) in [6.45, 7) is 0. The zero-order valence-corrected chi connectivity index (χ0v) is 26.0. The first-order valence-corrected chi connectivity index (χ1v) is 16.3. The third kappa shape index (κ3) is 3.96. The molecule has 0 atom stereocenters. The molecule has 0 spiro atoms. The van der Waals surface area contributed by atoms with Gasteiger partial charge in [0.05, 0.1) is 28.1 Å². The molecule has 0 N–H and O–H groups in total. The van der Waals surface area contributed by atoms with Crippen LogP contribution < -0.4 is 4.90 Å². The second-order valence-corrected chi connectivity index (χ2v) is 12.3. The molecule has 0 radical (unpaired) electrons. The van der Waals surface area contributed by atoms with E-state index in [1.807, 2.05) is 24.5 Å². The lowest BCUT2D eigenvalue weighted by Crippen LogP contribution is -2.11. The predicted octanol–water partition coefficient (Wildman–Crippen LogP) is 11.5. The van der Waals surface area contributed by atoms with E-state index >= 15 is 0 Å². The molecule has 0 saturated carbocycles. The van der Waals surface area contributed by atoms with Crippen molar-refractivity contribution in [2.24, 2.45) is 0 Å². The number of anilines is 3. The van der Waals surface area contributed by atoms with Crippen molar-refractivity contribution in [1.29, 1.82) is 0 Å². The minimum atomic E-state index is 0.897. The summed E-state index contributed by atoms with van der Waals surface area (Å²) in [5.41, 5.74) is 12.4. The van der Waals surface area contributed by atoms with E-state index in [0.717, 1.165) is 50.6 Å². The van der Waals surface area contributed by atoms with Crippen molar-refractivity contribution in [1.82, 2.24) is 14.5 Å². The zero-order chi connectivity index (χ0) is 31.6. The summed E-state index contributed by atoms with van der Waals surface area (Å²) < 4.78 is 2.28. The van der Waals surface area contributed by atoms with Gasteiger partial charge in [0.1, 0.15) is 5.82 Å². The Morgan fingerprint density at radius 1 is 0.417 bits per heavy atom. The number of para-hydroxylation sites is 2. The normalized spacial score (nSPS) is 12.1. The maximum absolute atomic E-state index is 4.92. The summed E-state index contributed by atoms with van der Waals surface area (Å²) in [5.74, 6) is 0.897. The highest BCUT2D eigenvalue weighted by atomic mass is 15.2. The second kappa shape index (κ2) is 10.5. The molecule has 4 heterocycles. The molecule has 48 heavy (non-hydrogen) atoms. The highest BCUT2D eigenvalue weighted by Gasteiger charge is 2.27. The Hall–Kier alpha value is -6.52. The summed E-state index contributed by atoms with van der Waals surface area (Å²) in [4.78, 5) is 12.1. The molecule has 0 amide bonds. The van der Waals surface area contributed by atoms with Gasteiger partial charge in [-0.2, -0.15) is 0 Å². The minimum Gasteiger partial charge on any atom is -0.309 e. The van der Waals surface area contributed by atoms with Crippen molar-refractivity contribution in [3.8, 4) is 39.3 Å². The fraction of sp³-hybridized carbons (Fsp3) is 0. The molecule has 4 heteroatoms.